The van der Waals surface area contributed by atoms with Crippen molar-refractivity contribution < 1.29 is 4.79 Å². The van der Waals surface area contributed by atoms with Crippen LogP contribution in [-0.2, 0) is 17.3 Å². The van der Waals surface area contributed by atoms with Crippen LogP contribution in [0.3, 0.4) is 0 Å². The van der Waals surface area contributed by atoms with E-state index in [9.17, 15) is 4.79 Å². The number of hydrogen-bond acceptors (Lipinski definition) is 3. The van der Waals surface area contributed by atoms with Gasteiger partial charge in [0.15, 0.2) is 0 Å². The average Bonchev–Trinajstić information content (AvgIpc) is 2.27. The quantitative estimate of drug-likeness (QED) is 0.689. The number of carbonyl (C=O) groups excluding carboxylic acids is 1. The second kappa shape index (κ2) is 2.73. The van der Waals surface area contributed by atoms with E-state index in [1.165, 1.54) is 0 Å². The highest BCUT2D eigenvalue weighted by atomic mass is 16.1. The van der Waals surface area contributed by atoms with E-state index >= 15 is 0 Å². The molecule has 5 heteroatoms. The minimum Gasteiger partial charge on any atom is -0.382 e. The van der Waals surface area contributed by atoms with Crippen LogP contribution >= 0.6 is 0 Å². The smallest absolute Gasteiger partial charge is 0.229 e. The predicted molar refractivity (Wildman–Crippen MR) is 52.3 cm³/mol. The molecule has 76 valence electrons. The number of anilines is 1. The molecule has 5 nitrogen and oxygen atoms in total. The maximum Gasteiger partial charge on any atom is 0.229 e. The molecule has 0 bridgehead atoms. The Morgan fingerprint density at radius 3 is 2.57 bits per heavy atom. The molecule has 1 amide bonds. The molecule has 1 fully saturated rings. The fourth-order valence-electron chi connectivity index (χ4n) is 2.10. The summed E-state index contributed by atoms with van der Waals surface area (Å²) in [6.45, 7) is 0. The van der Waals surface area contributed by atoms with Crippen molar-refractivity contribution in [2.45, 2.75) is 24.7 Å². The molecule has 4 N–H and O–H groups in total. The van der Waals surface area contributed by atoms with Gasteiger partial charge in [0.05, 0.1) is 11.1 Å². The zero-order valence-corrected chi connectivity index (χ0v) is 8.16. The van der Waals surface area contributed by atoms with Crippen LogP contribution in [0.2, 0.25) is 0 Å². The van der Waals surface area contributed by atoms with Crippen LogP contribution in [0.25, 0.3) is 0 Å². The maximum absolute atomic E-state index is 11.4. The SMILES string of the molecule is Cn1nc(N)cc1C1(C(N)=O)CCC1. The second-order valence-electron chi connectivity index (χ2n) is 3.88. The van der Waals surface area contributed by atoms with Crippen LogP contribution in [-0.4, -0.2) is 15.7 Å². The van der Waals surface area contributed by atoms with Gasteiger partial charge < -0.3 is 11.5 Å². The molecule has 1 aliphatic carbocycles. The number of nitrogen functional groups attached to an aromatic ring is 1. The topological polar surface area (TPSA) is 86.9 Å². The first-order valence-corrected chi connectivity index (χ1v) is 4.66. The Morgan fingerprint density at radius 2 is 2.29 bits per heavy atom. The number of nitrogens with zero attached hydrogens (tertiary/aromatic N) is 2. The minimum atomic E-state index is -0.515. The molecule has 1 aliphatic rings. The standard InChI is InChI=1S/C9H14N4O/c1-13-6(5-7(10)12-13)9(8(11)14)3-2-4-9/h5H,2-4H2,1H3,(H2,10,12)(H2,11,14). The Morgan fingerprint density at radius 1 is 1.64 bits per heavy atom. The van der Waals surface area contributed by atoms with Crippen molar-refractivity contribution in [1.82, 2.24) is 9.78 Å². The third-order valence-corrected chi connectivity index (χ3v) is 3.07. The Bertz CT molecular complexity index is 378. The highest BCUT2D eigenvalue weighted by Crippen LogP contribution is 2.43. The minimum absolute atomic E-state index is 0.272. The third kappa shape index (κ3) is 1.01. The van der Waals surface area contributed by atoms with Crippen LogP contribution in [0.4, 0.5) is 5.82 Å². The fraction of sp³-hybridized carbons (Fsp3) is 0.556. The van der Waals surface area contributed by atoms with Crippen molar-refractivity contribution >= 4 is 11.7 Å². The first-order chi connectivity index (χ1) is 6.56. The van der Waals surface area contributed by atoms with E-state index in [0.29, 0.717) is 5.82 Å². The molecule has 1 aromatic heterocycles. The molecular formula is C9H14N4O. The third-order valence-electron chi connectivity index (χ3n) is 3.07. The molecule has 0 atom stereocenters. The van der Waals surface area contributed by atoms with E-state index in [2.05, 4.69) is 5.10 Å². The summed E-state index contributed by atoms with van der Waals surface area (Å²) in [5.74, 6) is 0.168. The molecule has 0 aromatic carbocycles. The summed E-state index contributed by atoms with van der Waals surface area (Å²) >= 11 is 0. The first-order valence-electron chi connectivity index (χ1n) is 4.66. The monoisotopic (exact) mass is 194 g/mol. The van der Waals surface area contributed by atoms with E-state index in [4.69, 9.17) is 11.5 Å². The summed E-state index contributed by atoms with van der Waals surface area (Å²) in [6, 6.07) is 1.74. The van der Waals surface area contributed by atoms with Gasteiger partial charge >= 0.3 is 0 Å². The summed E-state index contributed by atoms with van der Waals surface area (Å²) in [5, 5.41) is 4.03. The molecule has 1 aromatic rings. The Labute approximate surface area is 82.1 Å². The second-order valence-corrected chi connectivity index (χ2v) is 3.88. The number of aromatic nitrogens is 2. The lowest BCUT2D eigenvalue weighted by molar-refractivity contribution is -0.126. The van der Waals surface area contributed by atoms with Crippen LogP contribution < -0.4 is 11.5 Å². The number of hydrogen-bond donors (Lipinski definition) is 2. The fourth-order valence-corrected chi connectivity index (χ4v) is 2.10. The zero-order chi connectivity index (χ0) is 10.3. The van der Waals surface area contributed by atoms with Gasteiger partial charge in [-0.3, -0.25) is 9.48 Å². The number of aryl methyl sites for hydroxylation is 1. The average molecular weight is 194 g/mol. The Balaban J connectivity index is 2.46. The van der Waals surface area contributed by atoms with Crippen molar-refractivity contribution in [3.63, 3.8) is 0 Å². The molecule has 0 unspecified atom stereocenters. The predicted octanol–water partition coefficient (Wildman–Crippen LogP) is -0.0907. The molecule has 0 aliphatic heterocycles. The van der Waals surface area contributed by atoms with Gasteiger partial charge in [-0.1, -0.05) is 6.42 Å². The van der Waals surface area contributed by atoms with Crippen molar-refractivity contribution in [3.8, 4) is 0 Å². The molecular weight excluding hydrogens is 180 g/mol. The molecule has 2 rings (SSSR count). The van der Waals surface area contributed by atoms with Gasteiger partial charge in [-0.2, -0.15) is 5.10 Å². The summed E-state index contributed by atoms with van der Waals surface area (Å²) in [4.78, 5) is 11.4. The van der Waals surface area contributed by atoms with Crippen molar-refractivity contribution in [2.24, 2.45) is 12.8 Å². The number of amides is 1. The zero-order valence-electron chi connectivity index (χ0n) is 8.16. The van der Waals surface area contributed by atoms with Crippen molar-refractivity contribution in [2.75, 3.05) is 5.73 Å². The molecule has 1 heterocycles. The van der Waals surface area contributed by atoms with Crippen molar-refractivity contribution in [1.29, 1.82) is 0 Å². The molecule has 0 spiro atoms. The van der Waals surface area contributed by atoms with Crippen LogP contribution in [0.5, 0.6) is 0 Å². The lowest BCUT2D eigenvalue weighted by Crippen LogP contribution is -2.47. The van der Waals surface area contributed by atoms with Gasteiger partial charge in [-0.05, 0) is 12.8 Å². The van der Waals surface area contributed by atoms with E-state index < -0.39 is 5.41 Å². The van der Waals surface area contributed by atoms with Crippen molar-refractivity contribution in [3.05, 3.63) is 11.8 Å². The van der Waals surface area contributed by atoms with E-state index in [1.807, 2.05) is 0 Å². The molecule has 0 saturated heterocycles. The van der Waals surface area contributed by atoms with Crippen LogP contribution in [0, 0.1) is 0 Å². The maximum atomic E-state index is 11.4. The van der Waals surface area contributed by atoms with Gasteiger partial charge in [0.1, 0.15) is 5.82 Å². The number of rotatable bonds is 2. The number of primary amides is 1. The van der Waals surface area contributed by atoms with Gasteiger partial charge in [-0.25, -0.2) is 0 Å². The summed E-state index contributed by atoms with van der Waals surface area (Å²) in [7, 11) is 1.79. The summed E-state index contributed by atoms with van der Waals surface area (Å²) in [6.07, 6.45) is 2.65. The highest BCUT2D eigenvalue weighted by Gasteiger charge is 2.46. The van der Waals surface area contributed by atoms with E-state index in [-0.39, 0.29) is 5.91 Å². The normalized spacial score (nSPS) is 18.9. The van der Waals surface area contributed by atoms with Gasteiger partial charge in [0.25, 0.3) is 0 Å². The lowest BCUT2D eigenvalue weighted by Gasteiger charge is -2.38. The first kappa shape index (κ1) is 9.05. The molecule has 0 radical (unpaired) electrons. The van der Waals surface area contributed by atoms with Crippen LogP contribution in [0.15, 0.2) is 6.07 Å². The Kier molecular flexibility index (Phi) is 1.77. The van der Waals surface area contributed by atoms with Gasteiger partial charge in [0.2, 0.25) is 5.91 Å². The molecule has 14 heavy (non-hydrogen) atoms. The summed E-state index contributed by atoms with van der Waals surface area (Å²) in [5.41, 5.74) is 11.3. The van der Waals surface area contributed by atoms with Crippen LogP contribution in [0.1, 0.15) is 25.0 Å². The number of carbonyl (C=O) groups is 1. The largest absolute Gasteiger partial charge is 0.382 e. The molecule has 1 saturated carbocycles. The lowest BCUT2D eigenvalue weighted by atomic mass is 9.66. The Hall–Kier alpha value is -1.52. The van der Waals surface area contributed by atoms with E-state index in [0.717, 1.165) is 25.0 Å². The van der Waals surface area contributed by atoms with E-state index in [1.54, 1.807) is 17.8 Å². The van der Waals surface area contributed by atoms with Gasteiger partial charge in [0, 0.05) is 13.1 Å². The highest BCUT2D eigenvalue weighted by molar-refractivity contribution is 5.87. The summed E-state index contributed by atoms with van der Waals surface area (Å²) < 4.78 is 1.65. The van der Waals surface area contributed by atoms with Gasteiger partial charge in [-0.15, -0.1) is 0 Å². The number of nitrogens with two attached hydrogens (primary N) is 2.